The van der Waals surface area contributed by atoms with E-state index in [-0.39, 0.29) is 0 Å². The van der Waals surface area contributed by atoms with Crippen molar-refractivity contribution in [1.82, 2.24) is 0 Å². The Bertz CT molecular complexity index is 1310. The second-order valence-electron chi connectivity index (χ2n) is 11.7. The molecule has 242 valence electrons. The lowest BCUT2D eigenvalue weighted by molar-refractivity contribution is 0.626. The van der Waals surface area contributed by atoms with E-state index in [1.807, 2.05) is 33.8 Å². The predicted molar refractivity (Wildman–Crippen MR) is 206 cm³/mol. The Kier molecular flexibility index (Phi) is 25.4. The summed E-state index contributed by atoms with van der Waals surface area (Å²) in [5, 5.41) is 2.25. The minimum atomic E-state index is 0.687. The summed E-state index contributed by atoms with van der Waals surface area (Å²) in [4.78, 5) is 0. The van der Waals surface area contributed by atoms with Crippen molar-refractivity contribution in [2.75, 3.05) is 0 Å². The average molecular weight is 595 g/mol. The van der Waals surface area contributed by atoms with Crippen LogP contribution >= 0.6 is 0 Å². The third-order valence-corrected chi connectivity index (χ3v) is 6.67. The van der Waals surface area contributed by atoms with E-state index < -0.39 is 0 Å². The van der Waals surface area contributed by atoms with Gasteiger partial charge in [0.05, 0.1) is 0 Å². The molecule has 3 aromatic rings. The van der Waals surface area contributed by atoms with Gasteiger partial charge in [0.1, 0.15) is 0 Å². The highest BCUT2D eigenvalue weighted by Crippen LogP contribution is 2.21. The molecule has 0 saturated carbocycles. The molecule has 0 heterocycles. The van der Waals surface area contributed by atoms with Gasteiger partial charge in [-0.25, -0.2) is 0 Å². The summed E-state index contributed by atoms with van der Waals surface area (Å²) >= 11 is 0. The smallest absolute Gasteiger partial charge is 0.0312 e. The molecule has 0 unspecified atom stereocenters. The number of hydrogen-bond donors (Lipinski definition) is 0. The number of aryl methyl sites for hydroxylation is 1. The van der Waals surface area contributed by atoms with Crippen LogP contribution in [0, 0.1) is 24.7 Å². The van der Waals surface area contributed by atoms with Crippen molar-refractivity contribution in [3.05, 3.63) is 108 Å². The van der Waals surface area contributed by atoms with Gasteiger partial charge in [-0.05, 0) is 77.5 Å². The highest BCUT2D eigenvalue weighted by molar-refractivity contribution is 5.74. The quantitative estimate of drug-likeness (QED) is 0.228. The van der Waals surface area contributed by atoms with Crippen molar-refractivity contribution in [3.63, 3.8) is 0 Å². The first-order chi connectivity index (χ1) is 21.1. The van der Waals surface area contributed by atoms with Gasteiger partial charge in [0, 0.05) is 5.22 Å². The molecule has 0 aliphatic heterocycles. The molecule has 0 bridgehead atoms. The Balaban J connectivity index is 0. The zero-order valence-electron chi connectivity index (χ0n) is 30.9. The molecule has 0 N–H and O–H groups in total. The lowest BCUT2D eigenvalue weighted by Gasteiger charge is -2.09. The van der Waals surface area contributed by atoms with Crippen LogP contribution in [0.3, 0.4) is 0 Å². The summed E-state index contributed by atoms with van der Waals surface area (Å²) < 4.78 is 0. The van der Waals surface area contributed by atoms with Gasteiger partial charge in [-0.1, -0.05) is 180 Å². The molecule has 3 rings (SSSR count). The molecule has 0 nitrogen and oxygen atoms in total. The van der Waals surface area contributed by atoms with Gasteiger partial charge in [-0.2, -0.15) is 0 Å². The van der Waals surface area contributed by atoms with Gasteiger partial charge in [0.15, 0.2) is 0 Å². The third kappa shape index (κ3) is 17.1. The van der Waals surface area contributed by atoms with Crippen LogP contribution in [0.5, 0.6) is 0 Å². The number of benzene rings is 3. The predicted octanol–water partition coefficient (Wildman–Crippen LogP) is 13.1. The molecule has 44 heavy (non-hydrogen) atoms. The molecule has 3 aromatic carbocycles. The average Bonchev–Trinajstić information content (AvgIpc) is 3.03. The number of hydrogen-bond acceptors (Lipinski definition) is 0. The van der Waals surface area contributed by atoms with E-state index in [0.717, 1.165) is 29.9 Å². The molecule has 0 amide bonds. The fraction of sp³-hybridized carbons (Fsp3) is 0.432. The summed E-state index contributed by atoms with van der Waals surface area (Å²) in [5.74, 6) is 2.35. The van der Waals surface area contributed by atoms with E-state index in [9.17, 15) is 0 Å². The standard InChI is InChI=1S/C29H30.C6H12.C5H12.2C2H6/c1-6-26-27(7-2)29(20-19-28(26)24-15-11-22(5)12-16-24)25-17-13-23(14-18-25)10-8-9-21(3)4;1-4-5-6(2)3;1-4-5(2)3;2*1-2/h6,8,10-21H,2,9H2,1,3-5H3;4,6H,1,5H2,2-3H3;5H,4H2,1-3H3;2*1-2H3/b10-8-,26-6+;;;;. The molecule has 0 fully saturated rings. The van der Waals surface area contributed by atoms with E-state index >= 15 is 0 Å². The summed E-state index contributed by atoms with van der Waals surface area (Å²) in [6, 6.07) is 21.8. The monoisotopic (exact) mass is 595 g/mol. The van der Waals surface area contributed by atoms with E-state index in [0.29, 0.717) is 5.92 Å². The minimum absolute atomic E-state index is 0.687. The van der Waals surface area contributed by atoms with Crippen LogP contribution in [0.1, 0.15) is 113 Å². The van der Waals surface area contributed by atoms with Crippen LogP contribution in [-0.2, 0) is 0 Å². The summed E-state index contributed by atoms with van der Waals surface area (Å²) in [5.41, 5.74) is 10.5. The van der Waals surface area contributed by atoms with Gasteiger partial charge >= 0.3 is 0 Å². The second kappa shape index (κ2) is 26.1. The highest BCUT2D eigenvalue weighted by atomic mass is 14.1. The first-order valence-corrected chi connectivity index (χ1v) is 17.0. The Morgan fingerprint density at radius 2 is 1.14 bits per heavy atom. The zero-order valence-corrected chi connectivity index (χ0v) is 30.9. The lowest BCUT2D eigenvalue weighted by Crippen LogP contribution is -2.27. The van der Waals surface area contributed by atoms with Crippen LogP contribution in [0.25, 0.3) is 40.1 Å². The van der Waals surface area contributed by atoms with Gasteiger partial charge < -0.3 is 0 Å². The van der Waals surface area contributed by atoms with Crippen LogP contribution in [0.15, 0.2) is 86.0 Å². The molecule has 0 atom stereocenters. The second-order valence-corrected chi connectivity index (χ2v) is 11.7. The first-order valence-electron chi connectivity index (χ1n) is 17.0. The Morgan fingerprint density at radius 3 is 1.52 bits per heavy atom. The molecule has 0 aliphatic carbocycles. The van der Waals surface area contributed by atoms with Crippen LogP contribution < -0.4 is 10.4 Å². The van der Waals surface area contributed by atoms with Gasteiger partial charge in [0.25, 0.3) is 0 Å². The molecular formula is C44H66. The van der Waals surface area contributed by atoms with Crippen molar-refractivity contribution in [1.29, 1.82) is 0 Å². The van der Waals surface area contributed by atoms with Gasteiger partial charge in [0.2, 0.25) is 0 Å². The Morgan fingerprint density at radius 1 is 0.682 bits per heavy atom. The van der Waals surface area contributed by atoms with Crippen LogP contribution in [0.2, 0.25) is 0 Å². The maximum atomic E-state index is 3.99. The largest absolute Gasteiger partial charge is 0.119 e. The van der Waals surface area contributed by atoms with E-state index in [4.69, 9.17) is 0 Å². The topological polar surface area (TPSA) is 0 Å². The van der Waals surface area contributed by atoms with Gasteiger partial charge in [-0.3, -0.25) is 0 Å². The van der Waals surface area contributed by atoms with Crippen molar-refractivity contribution in [2.24, 2.45) is 17.8 Å². The number of allylic oxidation sites excluding steroid dienone is 2. The summed E-state index contributed by atoms with van der Waals surface area (Å²) in [7, 11) is 0. The van der Waals surface area contributed by atoms with E-state index in [1.165, 1.54) is 45.0 Å². The van der Waals surface area contributed by atoms with Crippen molar-refractivity contribution in [2.45, 2.75) is 109 Å². The van der Waals surface area contributed by atoms with Crippen molar-refractivity contribution >= 4 is 17.9 Å². The Labute approximate surface area is 274 Å². The summed E-state index contributed by atoms with van der Waals surface area (Å²) in [6.45, 7) is 35.3. The molecule has 0 aromatic heterocycles. The third-order valence-electron chi connectivity index (χ3n) is 6.67. The molecule has 0 spiro atoms. The van der Waals surface area contributed by atoms with Crippen molar-refractivity contribution < 1.29 is 0 Å². The number of rotatable bonds is 8. The fourth-order valence-electron chi connectivity index (χ4n) is 3.92. The molecular weight excluding hydrogens is 528 g/mol. The molecule has 0 radical (unpaired) electrons. The van der Waals surface area contributed by atoms with Crippen LogP contribution in [-0.4, -0.2) is 0 Å². The molecule has 0 saturated heterocycles. The van der Waals surface area contributed by atoms with E-state index in [1.54, 1.807) is 0 Å². The molecule has 0 heteroatoms. The highest BCUT2D eigenvalue weighted by Gasteiger charge is 2.06. The minimum Gasteiger partial charge on any atom is -0.119 e. The maximum Gasteiger partial charge on any atom is 0.0312 e. The van der Waals surface area contributed by atoms with Crippen molar-refractivity contribution in [3.8, 4) is 22.3 Å². The maximum absolute atomic E-state index is 3.99. The molecule has 0 aliphatic rings. The Hall–Kier alpha value is -3.34. The van der Waals surface area contributed by atoms with E-state index in [2.05, 4.69) is 160 Å². The SMILES string of the molecule is C=C=c1c(-c2ccc(/C=C\CC(C)C)cc2)ccc(-c2ccc(C)cc2)/c1=C/C.C=CCC(C)C.CC.CC.CCC(C)C. The van der Waals surface area contributed by atoms with Gasteiger partial charge in [-0.15, -0.1) is 12.3 Å². The summed E-state index contributed by atoms with van der Waals surface area (Å²) in [6.07, 6.45) is 12.1. The fourth-order valence-corrected chi connectivity index (χ4v) is 3.92. The normalized spacial score (nSPS) is 10.5. The first kappa shape index (κ1) is 42.8. The lowest BCUT2D eigenvalue weighted by atomic mass is 9.94. The zero-order chi connectivity index (χ0) is 34.1. The van der Waals surface area contributed by atoms with Crippen LogP contribution in [0.4, 0.5) is 0 Å².